The number of rotatable bonds is 10. The Morgan fingerprint density at radius 3 is 2.17 bits per heavy atom. The van der Waals surface area contributed by atoms with E-state index >= 15 is 0 Å². The third-order valence-electron chi connectivity index (χ3n) is 5.27. The Morgan fingerprint density at radius 1 is 0.886 bits per heavy atom. The summed E-state index contributed by atoms with van der Waals surface area (Å²) in [6.45, 7) is 0. The minimum absolute atomic E-state index is 0.125. The molecule has 0 saturated carbocycles. The molecule has 0 fully saturated rings. The van der Waals surface area contributed by atoms with E-state index in [9.17, 15) is 9.18 Å². The number of carbonyl (C=O) groups is 1. The lowest BCUT2D eigenvalue weighted by atomic mass is 10.0. The molecule has 0 aliphatic heterocycles. The summed E-state index contributed by atoms with van der Waals surface area (Å²) in [6, 6.07) is 13.3. The van der Waals surface area contributed by atoms with Crippen molar-refractivity contribution in [1.29, 1.82) is 0 Å². The van der Waals surface area contributed by atoms with Crippen LogP contribution in [0.25, 0.3) is 12.2 Å². The number of allylic oxidation sites excluding steroid dienone is 2. The van der Waals surface area contributed by atoms with Gasteiger partial charge in [0.25, 0.3) is 0 Å². The molecule has 0 heterocycles. The molecule has 0 aromatic heterocycles. The highest BCUT2D eigenvalue weighted by Gasteiger charge is 2.13. The van der Waals surface area contributed by atoms with Crippen molar-refractivity contribution in [2.45, 2.75) is 6.42 Å². The molecule has 0 atom stereocenters. The summed E-state index contributed by atoms with van der Waals surface area (Å²) in [6.07, 6.45) is 7.19. The number of methoxy groups -OCH3 is 4. The largest absolute Gasteiger partial charge is 0.494 e. The lowest BCUT2D eigenvalue weighted by Crippen LogP contribution is -1.97. The van der Waals surface area contributed by atoms with Crippen molar-refractivity contribution in [3.63, 3.8) is 0 Å². The molecule has 0 N–H and O–H groups in total. The topological polar surface area (TPSA) is 54.0 Å². The summed E-state index contributed by atoms with van der Waals surface area (Å²) in [5.74, 6) is 0.971. The number of carbonyl (C=O) groups excluding carboxylic acids is 1. The summed E-state index contributed by atoms with van der Waals surface area (Å²) in [4.78, 5) is 12.5. The standard InChI is InChI=1S/C28H26ClFO5/c1-32-25-17-19(7-6-10-24(31)21-8-5-9-22(29)15-21)20(16-23(25)30)12-11-18-13-26(33-2)28(35-4)27(14-18)34-3/h5-6,8-17H,7H2,1-4H3/b10-6-,12-11-. The molecule has 0 spiro atoms. The minimum Gasteiger partial charge on any atom is -0.494 e. The summed E-state index contributed by atoms with van der Waals surface area (Å²) in [7, 11) is 6.02. The van der Waals surface area contributed by atoms with Crippen LogP contribution in [-0.2, 0) is 6.42 Å². The molecule has 0 unspecified atom stereocenters. The van der Waals surface area contributed by atoms with Gasteiger partial charge in [-0.05, 0) is 65.6 Å². The van der Waals surface area contributed by atoms with Crippen LogP contribution in [0.4, 0.5) is 4.39 Å². The molecule has 0 bridgehead atoms. The van der Waals surface area contributed by atoms with Gasteiger partial charge in [0.15, 0.2) is 28.8 Å². The van der Waals surface area contributed by atoms with Crippen molar-refractivity contribution in [3.8, 4) is 23.0 Å². The molecule has 0 amide bonds. The minimum atomic E-state index is -0.486. The first-order valence-electron chi connectivity index (χ1n) is 10.7. The number of ether oxygens (including phenoxy) is 4. The van der Waals surface area contributed by atoms with Gasteiger partial charge in [-0.25, -0.2) is 4.39 Å². The molecule has 182 valence electrons. The van der Waals surface area contributed by atoms with E-state index in [1.54, 1.807) is 68.8 Å². The first-order chi connectivity index (χ1) is 16.9. The Balaban J connectivity index is 1.91. The number of ketones is 1. The van der Waals surface area contributed by atoms with Crippen molar-refractivity contribution >= 4 is 29.5 Å². The molecule has 3 aromatic carbocycles. The zero-order chi connectivity index (χ0) is 25.4. The van der Waals surface area contributed by atoms with Gasteiger partial charge in [0, 0.05) is 10.6 Å². The molecular weight excluding hydrogens is 471 g/mol. The van der Waals surface area contributed by atoms with E-state index in [4.69, 9.17) is 30.5 Å². The fraction of sp³-hybridized carbons (Fsp3) is 0.179. The Kier molecular flexibility index (Phi) is 8.92. The highest BCUT2D eigenvalue weighted by atomic mass is 35.5. The van der Waals surface area contributed by atoms with Gasteiger partial charge >= 0.3 is 0 Å². The summed E-state index contributed by atoms with van der Waals surface area (Å²) >= 11 is 5.97. The van der Waals surface area contributed by atoms with Crippen LogP contribution in [0.1, 0.15) is 27.0 Å². The zero-order valence-corrected chi connectivity index (χ0v) is 20.7. The van der Waals surface area contributed by atoms with Gasteiger partial charge < -0.3 is 18.9 Å². The monoisotopic (exact) mass is 496 g/mol. The molecule has 0 aliphatic rings. The molecular formula is C28H26ClFO5. The highest BCUT2D eigenvalue weighted by Crippen LogP contribution is 2.38. The predicted octanol–water partition coefficient (Wildman–Crippen LogP) is 6.67. The van der Waals surface area contributed by atoms with E-state index in [0.717, 1.165) is 11.1 Å². The van der Waals surface area contributed by atoms with Gasteiger partial charge in [-0.1, -0.05) is 42.0 Å². The maximum absolute atomic E-state index is 14.5. The normalized spacial score (nSPS) is 11.1. The van der Waals surface area contributed by atoms with Crippen molar-refractivity contribution in [2.24, 2.45) is 0 Å². The van der Waals surface area contributed by atoms with Crippen molar-refractivity contribution in [3.05, 3.63) is 93.8 Å². The molecule has 3 aromatic rings. The maximum atomic E-state index is 14.5. The van der Waals surface area contributed by atoms with Crippen LogP contribution in [0, 0.1) is 5.82 Å². The second kappa shape index (κ2) is 12.1. The third kappa shape index (κ3) is 6.43. The highest BCUT2D eigenvalue weighted by molar-refractivity contribution is 6.31. The average Bonchev–Trinajstić information content (AvgIpc) is 2.87. The maximum Gasteiger partial charge on any atom is 0.203 e. The smallest absolute Gasteiger partial charge is 0.203 e. The van der Waals surface area contributed by atoms with E-state index in [0.29, 0.717) is 39.8 Å². The van der Waals surface area contributed by atoms with E-state index in [2.05, 4.69) is 0 Å². The quantitative estimate of drug-likeness (QED) is 0.178. The van der Waals surface area contributed by atoms with Crippen LogP contribution in [0.3, 0.4) is 0 Å². The fourth-order valence-electron chi connectivity index (χ4n) is 3.51. The molecule has 3 rings (SSSR count). The van der Waals surface area contributed by atoms with E-state index in [-0.39, 0.29) is 11.5 Å². The van der Waals surface area contributed by atoms with E-state index < -0.39 is 5.82 Å². The van der Waals surface area contributed by atoms with Crippen LogP contribution in [-0.4, -0.2) is 34.2 Å². The third-order valence-corrected chi connectivity index (χ3v) is 5.51. The van der Waals surface area contributed by atoms with Crippen LogP contribution >= 0.6 is 11.6 Å². The second-order valence-corrected chi connectivity index (χ2v) is 7.90. The Morgan fingerprint density at radius 2 is 1.57 bits per heavy atom. The molecule has 35 heavy (non-hydrogen) atoms. The summed E-state index contributed by atoms with van der Waals surface area (Å²) < 4.78 is 35.8. The van der Waals surface area contributed by atoms with Gasteiger partial charge in [0.2, 0.25) is 5.75 Å². The van der Waals surface area contributed by atoms with Gasteiger partial charge in [-0.3, -0.25) is 4.79 Å². The van der Waals surface area contributed by atoms with Crippen molar-refractivity contribution in [2.75, 3.05) is 28.4 Å². The first-order valence-corrected chi connectivity index (χ1v) is 11.1. The molecule has 5 nitrogen and oxygen atoms in total. The number of hydrogen-bond donors (Lipinski definition) is 0. The number of halogens is 2. The SMILES string of the molecule is COc1cc(C/C=C\C(=O)c2cccc(Cl)c2)c(/C=C\c2cc(OC)c(OC)c(OC)c2)cc1F. The first kappa shape index (κ1) is 25.8. The molecule has 0 saturated heterocycles. The Bertz CT molecular complexity index is 1240. The summed E-state index contributed by atoms with van der Waals surface area (Å²) in [5, 5.41) is 0.492. The second-order valence-electron chi connectivity index (χ2n) is 7.46. The van der Waals surface area contributed by atoms with E-state index in [1.165, 1.54) is 26.4 Å². The lowest BCUT2D eigenvalue weighted by Gasteiger charge is -2.13. The van der Waals surface area contributed by atoms with Crippen molar-refractivity contribution < 1.29 is 28.1 Å². The summed E-state index contributed by atoms with van der Waals surface area (Å²) in [5.41, 5.74) is 2.68. The molecule has 0 aliphatic carbocycles. The van der Waals surface area contributed by atoms with Crippen LogP contribution in [0.2, 0.25) is 5.02 Å². The van der Waals surface area contributed by atoms with Crippen molar-refractivity contribution in [1.82, 2.24) is 0 Å². The van der Waals surface area contributed by atoms with Crippen LogP contribution in [0.5, 0.6) is 23.0 Å². The predicted molar refractivity (Wildman–Crippen MR) is 137 cm³/mol. The molecule has 7 heteroatoms. The molecule has 0 radical (unpaired) electrons. The van der Waals surface area contributed by atoms with Gasteiger partial charge in [-0.2, -0.15) is 0 Å². The Hall–Kier alpha value is -3.77. The fourth-order valence-corrected chi connectivity index (χ4v) is 3.70. The zero-order valence-electron chi connectivity index (χ0n) is 19.9. The number of hydrogen-bond acceptors (Lipinski definition) is 5. The lowest BCUT2D eigenvalue weighted by molar-refractivity contribution is 0.104. The van der Waals surface area contributed by atoms with Crippen LogP contribution < -0.4 is 18.9 Å². The van der Waals surface area contributed by atoms with Gasteiger partial charge in [0.1, 0.15) is 0 Å². The van der Waals surface area contributed by atoms with Gasteiger partial charge in [0.05, 0.1) is 28.4 Å². The average molecular weight is 497 g/mol. The Labute approximate surface area is 209 Å². The van der Waals surface area contributed by atoms with Crippen LogP contribution in [0.15, 0.2) is 60.7 Å². The number of benzene rings is 3. The van der Waals surface area contributed by atoms with Gasteiger partial charge in [-0.15, -0.1) is 0 Å². The van der Waals surface area contributed by atoms with E-state index in [1.807, 2.05) is 6.08 Å².